The van der Waals surface area contributed by atoms with Crippen LogP contribution in [0, 0.1) is 6.92 Å². The van der Waals surface area contributed by atoms with Gasteiger partial charge in [-0.25, -0.2) is 4.98 Å². The molecule has 0 saturated carbocycles. The maximum atomic E-state index is 5.70. The summed E-state index contributed by atoms with van der Waals surface area (Å²) in [5, 5.41) is 4.18. The van der Waals surface area contributed by atoms with Crippen molar-refractivity contribution >= 4 is 27.8 Å². The molecule has 2 aromatic carbocycles. The lowest BCUT2D eigenvalue weighted by atomic mass is 10.1. The molecule has 0 spiro atoms. The molecule has 1 aromatic heterocycles. The average molecular weight is 311 g/mol. The Morgan fingerprint density at radius 3 is 2.36 bits per heavy atom. The van der Waals surface area contributed by atoms with E-state index in [2.05, 4.69) is 17.2 Å². The van der Waals surface area contributed by atoms with Crippen LogP contribution in [0.25, 0.3) is 11.3 Å². The van der Waals surface area contributed by atoms with Gasteiger partial charge in [-0.1, -0.05) is 0 Å². The van der Waals surface area contributed by atoms with Crippen LogP contribution in [0.15, 0.2) is 48.5 Å². The first-order valence-electron chi connectivity index (χ1n) is 6.90. The molecule has 3 aromatic rings. The van der Waals surface area contributed by atoms with Crippen molar-refractivity contribution in [2.24, 2.45) is 0 Å². The van der Waals surface area contributed by atoms with E-state index < -0.39 is 0 Å². The molecule has 22 heavy (non-hydrogen) atoms. The van der Waals surface area contributed by atoms with Gasteiger partial charge in [0.05, 0.1) is 12.8 Å². The molecule has 5 heteroatoms. The number of aryl methyl sites for hydroxylation is 1. The standard InChI is InChI=1S/C17H17N3OS/c1-11-16(12-3-9-15(21-2)10-4-12)20-17(22-11)19-14-7-5-13(18)6-8-14/h3-10H,18H2,1-2H3,(H,19,20). The third-order valence-electron chi connectivity index (χ3n) is 3.32. The smallest absolute Gasteiger partial charge is 0.187 e. The lowest BCUT2D eigenvalue weighted by molar-refractivity contribution is 0.415. The first kappa shape index (κ1) is 14.4. The molecule has 0 amide bonds. The highest BCUT2D eigenvalue weighted by Gasteiger charge is 2.10. The van der Waals surface area contributed by atoms with Crippen molar-refractivity contribution in [2.45, 2.75) is 6.92 Å². The SMILES string of the molecule is COc1ccc(-c2nc(Nc3ccc(N)cc3)sc2C)cc1. The fourth-order valence-corrected chi connectivity index (χ4v) is 3.01. The van der Waals surface area contributed by atoms with E-state index in [4.69, 9.17) is 10.5 Å². The highest BCUT2D eigenvalue weighted by atomic mass is 32.1. The van der Waals surface area contributed by atoms with Crippen LogP contribution in [0.3, 0.4) is 0 Å². The summed E-state index contributed by atoms with van der Waals surface area (Å²) in [5.74, 6) is 0.844. The molecule has 0 radical (unpaired) electrons. The van der Waals surface area contributed by atoms with Crippen LogP contribution in [-0.2, 0) is 0 Å². The monoisotopic (exact) mass is 311 g/mol. The number of nitrogens with two attached hydrogens (primary N) is 1. The fourth-order valence-electron chi connectivity index (χ4n) is 2.16. The van der Waals surface area contributed by atoms with Crippen LogP contribution in [0.2, 0.25) is 0 Å². The first-order valence-corrected chi connectivity index (χ1v) is 7.72. The van der Waals surface area contributed by atoms with Crippen molar-refractivity contribution < 1.29 is 4.74 Å². The maximum Gasteiger partial charge on any atom is 0.187 e. The second-order valence-corrected chi connectivity index (χ2v) is 6.10. The van der Waals surface area contributed by atoms with Crippen molar-refractivity contribution in [3.63, 3.8) is 0 Å². The number of thiazole rings is 1. The molecule has 0 saturated heterocycles. The molecule has 4 nitrogen and oxygen atoms in total. The molecule has 3 N–H and O–H groups in total. The lowest BCUT2D eigenvalue weighted by Gasteiger charge is -2.03. The number of nitrogens with zero attached hydrogens (tertiary/aromatic N) is 1. The van der Waals surface area contributed by atoms with Crippen molar-refractivity contribution in [1.82, 2.24) is 4.98 Å². The van der Waals surface area contributed by atoms with E-state index in [1.54, 1.807) is 18.4 Å². The summed E-state index contributed by atoms with van der Waals surface area (Å²) >= 11 is 1.63. The molecular formula is C17H17N3OS. The number of nitrogen functional groups attached to an aromatic ring is 1. The number of nitrogens with one attached hydrogen (secondary N) is 1. The number of hydrogen-bond donors (Lipinski definition) is 2. The molecule has 0 unspecified atom stereocenters. The lowest BCUT2D eigenvalue weighted by Crippen LogP contribution is -1.90. The minimum absolute atomic E-state index is 0.750. The summed E-state index contributed by atoms with van der Waals surface area (Å²) in [6.45, 7) is 2.07. The van der Waals surface area contributed by atoms with Crippen molar-refractivity contribution in [2.75, 3.05) is 18.2 Å². The Labute approximate surface area is 133 Å². The quantitative estimate of drug-likeness (QED) is 0.699. The zero-order chi connectivity index (χ0) is 15.5. The van der Waals surface area contributed by atoms with Gasteiger partial charge in [0.2, 0.25) is 0 Å². The van der Waals surface area contributed by atoms with E-state index in [0.29, 0.717) is 0 Å². The largest absolute Gasteiger partial charge is 0.497 e. The molecule has 0 aliphatic heterocycles. The van der Waals surface area contributed by atoms with Crippen LogP contribution in [0.1, 0.15) is 4.88 Å². The van der Waals surface area contributed by atoms with Crippen molar-refractivity contribution in [3.05, 3.63) is 53.4 Å². The number of rotatable bonds is 4. The summed E-state index contributed by atoms with van der Waals surface area (Å²) in [5.41, 5.74) is 9.50. The second kappa shape index (κ2) is 6.07. The third kappa shape index (κ3) is 3.04. The molecule has 3 rings (SSSR count). The van der Waals surface area contributed by atoms with Crippen LogP contribution < -0.4 is 15.8 Å². The van der Waals surface area contributed by atoms with E-state index in [-0.39, 0.29) is 0 Å². The molecule has 0 aliphatic rings. The summed E-state index contributed by atoms with van der Waals surface area (Å²) in [6.07, 6.45) is 0. The summed E-state index contributed by atoms with van der Waals surface area (Å²) < 4.78 is 5.19. The first-order chi connectivity index (χ1) is 10.7. The summed E-state index contributed by atoms with van der Waals surface area (Å²) in [7, 11) is 1.66. The van der Waals surface area contributed by atoms with Crippen LogP contribution in [0.4, 0.5) is 16.5 Å². The van der Waals surface area contributed by atoms with E-state index in [0.717, 1.165) is 33.5 Å². The summed E-state index contributed by atoms with van der Waals surface area (Å²) in [6, 6.07) is 15.6. The fraction of sp³-hybridized carbons (Fsp3) is 0.118. The highest BCUT2D eigenvalue weighted by molar-refractivity contribution is 7.16. The second-order valence-electron chi connectivity index (χ2n) is 4.90. The van der Waals surface area contributed by atoms with E-state index in [9.17, 15) is 0 Å². The zero-order valence-corrected chi connectivity index (χ0v) is 13.3. The van der Waals surface area contributed by atoms with Gasteiger partial charge in [-0.3, -0.25) is 0 Å². The maximum absolute atomic E-state index is 5.70. The number of anilines is 3. The molecule has 0 aliphatic carbocycles. The van der Waals surface area contributed by atoms with Gasteiger partial charge >= 0.3 is 0 Å². The molecule has 112 valence electrons. The number of ether oxygens (including phenoxy) is 1. The van der Waals surface area contributed by atoms with Crippen LogP contribution in [0.5, 0.6) is 5.75 Å². The number of benzene rings is 2. The predicted molar refractivity (Wildman–Crippen MR) is 93.0 cm³/mol. The van der Waals surface area contributed by atoms with Gasteiger partial charge in [-0.2, -0.15) is 0 Å². The summed E-state index contributed by atoms with van der Waals surface area (Å²) in [4.78, 5) is 5.86. The Morgan fingerprint density at radius 1 is 1.05 bits per heavy atom. The Morgan fingerprint density at radius 2 is 1.73 bits per heavy atom. The number of aromatic nitrogens is 1. The van der Waals surface area contributed by atoms with Gasteiger partial charge in [-0.15, -0.1) is 11.3 Å². The van der Waals surface area contributed by atoms with Crippen LogP contribution >= 0.6 is 11.3 Å². The average Bonchev–Trinajstić information content (AvgIpc) is 2.90. The van der Waals surface area contributed by atoms with Crippen molar-refractivity contribution in [1.29, 1.82) is 0 Å². The van der Waals surface area contributed by atoms with Crippen molar-refractivity contribution in [3.8, 4) is 17.0 Å². The molecule has 0 bridgehead atoms. The van der Waals surface area contributed by atoms with E-state index >= 15 is 0 Å². The zero-order valence-electron chi connectivity index (χ0n) is 12.5. The van der Waals surface area contributed by atoms with Gasteiger partial charge in [-0.05, 0) is 55.5 Å². The topological polar surface area (TPSA) is 60.2 Å². The van der Waals surface area contributed by atoms with Gasteiger partial charge in [0.1, 0.15) is 5.75 Å². The van der Waals surface area contributed by atoms with Gasteiger partial charge in [0.15, 0.2) is 5.13 Å². The minimum Gasteiger partial charge on any atom is -0.497 e. The molecule has 1 heterocycles. The molecule has 0 fully saturated rings. The third-order valence-corrected chi connectivity index (χ3v) is 4.21. The highest BCUT2D eigenvalue weighted by Crippen LogP contribution is 2.32. The molecular weight excluding hydrogens is 294 g/mol. The Hall–Kier alpha value is -2.53. The van der Waals surface area contributed by atoms with Gasteiger partial charge in [0.25, 0.3) is 0 Å². The predicted octanol–water partition coefficient (Wildman–Crippen LogP) is 4.45. The normalized spacial score (nSPS) is 10.5. The number of hydrogen-bond acceptors (Lipinski definition) is 5. The van der Waals surface area contributed by atoms with Gasteiger partial charge in [0, 0.05) is 21.8 Å². The van der Waals surface area contributed by atoms with E-state index in [1.165, 1.54) is 4.88 Å². The minimum atomic E-state index is 0.750. The Kier molecular flexibility index (Phi) is 3.98. The number of methoxy groups -OCH3 is 1. The Balaban J connectivity index is 1.85. The molecule has 0 atom stereocenters. The van der Waals surface area contributed by atoms with Crippen LogP contribution in [-0.4, -0.2) is 12.1 Å². The Bertz CT molecular complexity index is 764. The van der Waals surface area contributed by atoms with E-state index in [1.807, 2.05) is 48.5 Å². The van der Waals surface area contributed by atoms with Gasteiger partial charge < -0.3 is 15.8 Å².